The lowest BCUT2D eigenvalue weighted by atomic mass is 10.1. The van der Waals surface area contributed by atoms with Crippen LogP contribution in [0.15, 0.2) is 0 Å². The van der Waals surface area contributed by atoms with Crippen LogP contribution >= 0.6 is 16.9 Å². The maximum absolute atomic E-state index is 8.64. The molecule has 1 fully saturated rings. The predicted molar refractivity (Wildman–Crippen MR) is 57.0 cm³/mol. The van der Waals surface area contributed by atoms with Crippen molar-refractivity contribution in [2.45, 2.75) is 24.5 Å². The molecule has 12 heavy (non-hydrogen) atoms. The van der Waals surface area contributed by atoms with Gasteiger partial charge in [0.05, 0.1) is 6.07 Å². The Morgan fingerprint density at radius 1 is 1.50 bits per heavy atom. The van der Waals surface area contributed by atoms with Crippen molar-refractivity contribution < 1.29 is 0 Å². The summed E-state index contributed by atoms with van der Waals surface area (Å²) >= 11 is 6.46. The summed E-state index contributed by atoms with van der Waals surface area (Å²) in [6, 6.07) is 2.26. The average Bonchev–Trinajstić information content (AvgIpc) is 2.32. The maximum Gasteiger partial charge on any atom is 0.122 e. The minimum atomic E-state index is -2.11. The van der Waals surface area contributed by atoms with Gasteiger partial charge in [0.2, 0.25) is 0 Å². The van der Waals surface area contributed by atoms with E-state index < -0.39 is 5.54 Å². The molecule has 0 amide bonds. The average molecular weight is 221 g/mol. The van der Waals surface area contributed by atoms with Crippen LogP contribution in [-0.2, 0) is 11.8 Å². The molecule has 1 aliphatic carbocycles. The van der Waals surface area contributed by atoms with Gasteiger partial charge in [-0.25, -0.2) is 0 Å². The van der Waals surface area contributed by atoms with Crippen molar-refractivity contribution in [3.63, 3.8) is 0 Å². The second kappa shape index (κ2) is 4.08. The van der Waals surface area contributed by atoms with Gasteiger partial charge in [-0.05, 0) is 19.3 Å². The van der Waals surface area contributed by atoms with Crippen molar-refractivity contribution in [1.29, 1.82) is 5.26 Å². The summed E-state index contributed by atoms with van der Waals surface area (Å²) in [4.78, 5) is 0. The highest BCUT2D eigenvalue weighted by Crippen LogP contribution is 2.51. The van der Waals surface area contributed by atoms with E-state index >= 15 is 0 Å². The molecule has 1 rings (SSSR count). The van der Waals surface area contributed by atoms with E-state index in [1.54, 1.807) is 0 Å². The number of rotatable bonds is 2. The Balaban J connectivity index is 2.39. The van der Waals surface area contributed by atoms with E-state index in [9.17, 15) is 0 Å². The summed E-state index contributed by atoms with van der Waals surface area (Å²) in [7, 11) is 0. The molecule has 2 unspecified atom stereocenters. The van der Waals surface area contributed by atoms with Gasteiger partial charge in [0.15, 0.2) is 0 Å². The van der Waals surface area contributed by atoms with Gasteiger partial charge >= 0.3 is 0 Å². The second-order valence-corrected chi connectivity index (χ2v) is 10.1. The highest BCUT2D eigenvalue weighted by molar-refractivity contribution is 8.69. The van der Waals surface area contributed by atoms with Crippen molar-refractivity contribution >= 4 is 28.7 Å². The van der Waals surface area contributed by atoms with Gasteiger partial charge in [-0.15, -0.1) is 0 Å². The molecule has 1 aliphatic rings. The minimum absolute atomic E-state index is 0.198. The van der Waals surface area contributed by atoms with Gasteiger partial charge in [0.1, 0.15) is 5.54 Å². The molecule has 0 spiro atoms. The lowest BCUT2D eigenvalue weighted by molar-refractivity contribution is 0.703. The van der Waals surface area contributed by atoms with Crippen LogP contribution in [0.2, 0.25) is 0 Å². The number of nitrogens with zero attached hydrogens (tertiary/aromatic N) is 1. The fourth-order valence-electron chi connectivity index (χ4n) is 1.39. The Bertz CT molecular complexity index is 244. The van der Waals surface area contributed by atoms with Crippen LogP contribution in [0.1, 0.15) is 19.3 Å². The molecule has 2 atom stereocenters. The molecule has 3 nitrogen and oxygen atoms in total. The van der Waals surface area contributed by atoms with Gasteiger partial charge < -0.3 is 0 Å². The van der Waals surface area contributed by atoms with Crippen molar-refractivity contribution in [2.75, 3.05) is 0 Å². The van der Waals surface area contributed by atoms with E-state index in [1.807, 2.05) is 0 Å². The van der Waals surface area contributed by atoms with Gasteiger partial charge in [0, 0.05) is 11.2 Å². The van der Waals surface area contributed by atoms with E-state index in [1.165, 1.54) is 11.4 Å². The number of hydrogen-bond donors (Lipinski definition) is 2. The van der Waals surface area contributed by atoms with Crippen LogP contribution in [0.4, 0.5) is 0 Å². The van der Waals surface area contributed by atoms with Crippen molar-refractivity contribution in [2.24, 2.45) is 16.9 Å². The summed E-state index contributed by atoms with van der Waals surface area (Å²) in [5.74, 6) is 0.198. The summed E-state index contributed by atoms with van der Waals surface area (Å²) in [5.41, 5.74) is 9.06. The third-order valence-electron chi connectivity index (χ3n) is 1.88. The first kappa shape index (κ1) is 10.5. The Kier molecular flexibility index (Phi) is 3.57. The van der Waals surface area contributed by atoms with Crippen LogP contribution in [0.5, 0.6) is 0 Å². The van der Waals surface area contributed by atoms with Crippen LogP contribution in [-0.4, -0.2) is 5.25 Å². The van der Waals surface area contributed by atoms with Crippen molar-refractivity contribution in [3.05, 3.63) is 0 Å². The molecule has 0 aromatic heterocycles. The van der Waals surface area contributed by atoms with Crippen LogP contribution in [0, 0.1) is 17.2 Å². The number of nitrogens with two attached hydrogens (primary N) is 2. The Morgan fingerprint density at radius 2 is 2.17 bits per heavy atom. The molecule has 0 aromatic carbocycles. The van der Waals surface area contributed by atoms with Gasteiger partial charge in [-0.1, -0.05) is 23.2 Å². The van der Waals surface area contributed by atoms with E-state index in [0.717, 1.165) is 19.3 Å². The molecule has 0 aromatic rings. The maximum atomic E-state index is 8.64. The van der Waals surface area contributed by atoms with Crippen LogP contribution in [0.3, 0.4) is 0 Å². The molecule has 6 heteroatoms. The highest BCUT2D eigenvalue weighted by atomic mass is 32.9. The van der Waals surface area contributed by atoms with E-state index in [2.05, 4.69) is 6.07 Å². The molecular weight excluding hydrogens is 209 g/mol. The summed E-state index contributed by atoms with van der Waals surface area (Å²) in [6.07, 6.45) is 2.92. The first-order valence-electron chi connectivity index (χ1n) is 3.76. The van der Waals surface area contributed by atoms with Crippen molar-refractivity contribution in [1.82, 2.24) is 0 Å². The predicted octanol–water partition coefficient (Wildman–Crippen LogP) is 1.55. The molecule has 0 saturated heterocycles. The molecule has 1 saturated carbocycles. The number of nitriles is 1. The Morgan fingerprint density at radius 3 is 2.58 bits per heavy atom. The third-order valence-corrected chi connectivity index (χ3v) is 5.59. The van der Waals surface area contributed by atoms with Crippen molar-refractivity contribution in [3.8, 4) is 6.07 Å². The van der Waals surface area contributed by atoms with E-state index in [-0.39, 0.29) is 5.92 Å². The fraction of sp³-hybridized carbons (Fsp3) is 0.833. The quantitative estimate of drug-likeness (QED) is 0.692. The largest absolute Gasteiger partial charge is 0.283 e. The third kappa shape index (κ3) is 3.42. The Labute approximate surface area is 81.7 Å². The molecular formula is C6H12N3PS2. The van der Waals surface area contributed by atoms with Gasteiger partial charge in [-0.3, -0.25) is 11.0 Å². The highest BCUT2D eigenvalue weighted by Gasteiger charge is 2.27. The zero-order valence-corrected chi connectivity index (χ0v) is 9.17. The number of hydrogen-bond acceptors (Lipinski definition) is 3. The molecule has 0 radical (unpaired) electrons. The lowest BCUT2D eigenvalue weighted by Crippen LogP contribution is -2.05. The zero-order chi connectivity index (χ0) is 9.19. The molecule has 4 N–H and O–H groups in total. The second-order valence-electron chi connectivity index (χ2n) is 3.01. The zero-order valence-electron chi connectivity index (χ0n) is 6.64. The lowest BCUT2D eigenvalue weighted by Gasteiger charge is -2.14. The monoisotopic (exact) mass is 221 g/mol. The molecule has 0 aliphatic heterocycles. The summed E-state index contributed by atoms with van der Waals surface area (Å²) in [5, 5.41) is 9.07. The van der Waals surface area contributed by atoms with Crippen LogP contribution in [0.25, 0.3) is 0 Å². The van der Waals surface area contributed by atoms with E-state index in [0.29, 0.717) is 5.25 Å². The summed E-state index contributed by atoms with van der Waals surface area (Å²) in [6.45, 7) is 0. The normalized spacial score (nSPS) is 30.1. The topological polar surface area (TPSA) is 75.8 Å². The molecule has 0 heterocycles. The van der Waals surface area contributed by atoms with Gasteiger partial charge in [-0.2, -0.15) is 5.26 Å². The van der Waals surface area contributed by atoms with E-state index in [4.69, 9.17) is 28.1 Å². The first-order valence-corrected chi connectivity index (χ1v) is 8.19. The first-order chi connectivity index (χ1) is 5.51. The fourth-order valence-corrected chi connectivity index (χ4v) is 5.48. The van der Waals surface area contributed by atoms with Gasteiger partial charge in [0.25, 0.3) is 0 Å². The van der Waals surface area contributed by atoms with Crippen LogP contribution < -0.4 is 11.0 Å². The Hall–Kier alpha value is 0.410. The SMILES string of the molecule is N#CC1CCC(SP(N)(N)=S)C1. The summed E-state index contributed by atoms with van der Waals surface area (Å²) < 4.78 is 0. The molecule has 0 bridgehead atoms. The molecule has 68 valence electrons. The minimum Gasteiger partial charge on any atom is -0.283 e. The smallest absolute Gasteiger partial charge is 0.122 e. The standard InChI is InChI=1S/C6H12N3PS2/c7-4-5-1-2-6(3-5)12-10(8,9)11/h5-6H,1-3H2,(H4,8,9,11).